The molecule has 3 aromatic rings. The van der Waals surface area contributed by atoms with Crippen molar-refractivity contribution < 1.29 is 18.7 Å². The summed E-state index contributed by atoms with van der Waals surface area (Å²) in [5, 5.41) is 5.63. The Hall–Kier alpha value is -3.54. The van der Waals surface area contributed by atoms with Gasteiger partial charge in [-0.05, 0) is 67.8 Å². The predicted octanol–water partition coefficient (Wildman–Crippen LogP) is 4.62. The fraction of sp³-hybridized carbons (Fsp3) is 0.250. The van der Waals surface area contributed by atoms with Gasteiger partial charge in [-0.25, -0.2) is 0 Å². The largest absolute Gasteiger partial charge is 0.481 e. The van der Waals surface area contributed by atoms with Gasteiger partial charge in [0.15, 0.2) is 6.10 Å². The molecule has 1 unspecified atom stereocenters. The van der Waals surface area contributed by atoms with Gasteiger partial charge >= 0.3 is 0 Å². The Morgan fingerprint density at radius 2 is 1.83 bits per heavy atom. The molecule has 2 N–H and O–H groups in total. The van der Waals surface area contributed by atoms with Crippen LogP contribution in [0.25, 0.3) is 0 Å². The number of furan rings is 1. The van der Waals surface area contributed by atoms with Crippen LogP contribution < -0.4 is 15.4 Å². The zero-order valence-electron chi connectivity index (χ0n) is 17.4. The second-order valence-corrected chi connectivity index (χ2v) is 7.06. The van der Waals surface area contributed by atoms with E-state index in [9.17, 15) is 9.59 Å². The van der Waals surface area contributed by atoms with Crippen LogP contribution in [-0.2, 0) is 11.3 Å². The Morgan fingerprint density at radius 1 is 1.03 bits per heavy atom. The summed E-state index contributed by atoms with van der Waals surface area (Å²) in [7, 11) is 0. The molecule has 6 heteroatoms. The predicted molar refractivity (Wildman–Crippen MR) is 116 cm³/mol. The van der Waals surface area contributed by atoms with Crippen molar-refractivity contribution in [3.8, 4) is 5.75 Å². The van der Waals surface area contributed by atoms with Gasteiger partial charge in [-0.15, -0.1) is 0 Å². The molecule has 30 heavy (non-hydrogen) atoms. The van der Waals surface area contributed by atoms with Crippen LogP contribution in [0.5, 0.6) is 5.75 Å². The van der Waals surface area contributed by atoms with E-state index in [0.717, 1.165) is 11.1 Å². The fourth-order valence-electron chi connectivity index (χ4n) is 2.95. The van der Waals surface area contributed by atoms with Gasteiger partial charge in [-0.2, -0.15) is 0 Å². The van der Waals surface area contributed by atoms with Gasteiger partial charge in [0.25, 0.3) is 11.8 Å². The molecule has 0 radical (unpaired) electrons. The van der Waals surface area contributed by atoms with Crippen LogP contribution in [0.3, 0.4) is 0 Å². The topological polar surface area (TPSA) is 80.6 Å². The molecule has 0 aliphatic heterocycles. The highest BCUT2D eigenvalue weighted by atomic mass is 16.5. The molecule has 0 bridgehead atoms. The maximum Gasteiger partial charge on any atom is 0.265 e. The zero-order chi connectivity index (χ0) is 21.5. The molecular weight excluding hydrogens is 380 g/mol. The van der Waals surface area contributed by atoms with Gasteiger partial charge in [0.05, 0.1) is 24.1 Å². The third kappa shape index (κ3) is 5.29. The number of amides is 2. The molecule has 0 aliphatic rings. The SMILES string of the molecule is CCC(Oc1ccc(C)c(C)c1)C(=O)Nc1ccccc1C(=O)NCc1ccco1. The molecule has 1 heterocycles. The quantitative estimate of drug-likeness (QED) is 0.572. The first-order chi connectivity index (χ1) is 14.5. The van der Waals surface area contributed by atoms with Crippen molar-refractivity contribution in [2.75, 3.05) is 5.32 Å². The molecule has 1 atom stereocenters. The average Bonchev–Trinajstić information content (AvgIpc) is 3.26. The number of hydrogen-bond acceptors (Lipinski definition) is 4. The van der Waals surface area contributed by atoms with Crippen molar-refractivity contribution in [2.45, 2.75) is 39.8 Å². The lowest BCUT2D eigenvalue weighted by molar-refractivity contribution is -0.122. The van der Waals surface area contributed by atoms with E-state index in [1.165, 1.54) is 0 Å². The molecule has 0 saturated carbocycles. The van der Waals surface area contributed by atoms with Crippen LogP contribution in [0.2, 0.25) is 0 Å². The Bertz CT molecular complexity index is 1010. The standard InChI is InChI=1S/C24H26N2O4/c1-4-22(30-18-12-11-16(2)17(3)14-18)24(28)26-21-10-6-5-9-20(21)23(27)25-15-19-8-7-13-29-19/h5-14,22H,4,15H2,1-3H3,(H,25,27)(H,26,28). The number of anilines is 1. The van der Waals surface area contributed by atoms with Crippen molar-refractivity contribution in [1.29, 1.82) is 0 Å². The number of benzene rings is 2. The van der Waals surface area contributed by atoms with E-state index < -0.39 is 6.10 Å². The van der Waals surface area contributed by atoms with Crippen LogP contribution >= 0.6 is 0 Å². The highest BCUT2D eigenvalue weighted by Gasteiger charge is 2.21. The molecule has 156 valence electrons. The third-order valence-electron chi connectivity index (χ3n) is 4.85. The number of nitrogens with one attached hydrogen (secondary N) is 2. The molecule has 2 aromatic carbocycles. The lowest BCUT2D eigenvalue weighted by Gasteiger charge is -2.19. The van der Waals surface area contributed by atoms with Crippen molar-refractivity contribution in [1.82, 2.24) is 5.32 Å². The molecule has 6 nitrogen and oxygen atoms in total. The lowest BCUT2D eigenvalue weighted by atomic mass is 10.1. The van der Waals surface area contributed by atoms with Crippen LogP contribution in [-0.4, -0.2) is 17.9 Å². The van der Waals surface area contributed by atoms with Gasteiger partial charge < -0.3 is 19.8 Å². The highest BCUT2D eigenvalue weighted by molar-refractivity contribution is 6.04. The van der Waals surface area contributed by atoms with Crippen LogP contribution in [0.4, 0.5) is 5.69 Å². The zero-order valence-corrected chi connectivity index (χ0v) is 17.4. The normalized spacial score (nSPS) is 11.6. The second-order valence-electron chi connectivity index (χ2n) is 7.06. The molecular formula is C24H26N2O4. The summed E-state index contributed by atoms with van der Waals surface area (Å²) in [5.74, 6) is 0.690. The Labute approximate surface area is 176 Å². The van der Waals surface area contributed by atoms with E-state index in [4.69, 9.17) is 9.15 Å². The number of carbonyl (C=O) groups is 2. The first kappa shape index (κ1) is 21.2. The average molecular weight is 406 g/mol. The maximum atomic E-state index is 12.8. The van der Waals surface area contributed by atoms with Gasteiger partial charge in [0.1, 0.15) is 11.5 Å². The molecule has 3 rings (SSSR count). The molecule has 0 aliphatic carbocycles. The summed E-state index contributed by atoms with van der Waals surface area (Å²) in [6, 6.07) is 16.2. The van der Waals surface area contributed by atoms with Crippen LogP contribution in [0, 0.1) is 13.8 Å². The van der Waals surface area contributed by atoms with Crippen molar-refractivity contribution in [3.05, 3.63) is 83.3 Å². The number of carbonyl (C=O) groups excluding carboxylic acids is 2. The van der Waals surface area contributed by atoms with Crippen LogP contribution in [0.1, 0.15) is 40.6 Å². The lowest BCUT2D eigenvalue weighted by Crippen LogP contribution is -2.33. The summed E-state index contributed by atoms with van der Waals surface area (Å²) < 4.78 is 11.1. The van der Waals surface area contributed by atoms with Crippen molar-refractivity contribution in [2.24, 2.45) is 0 Å². The number of aryl methyl sites for hydroxylation is 2. The third-order valence-corrected chi connectivity index (χ3v) is 4.85. The monoisotopic (exact) mass is 406 g/mol. The molecule has 0 fully saturated rings. The fourth-order valence-corrected chi connectivity index (χ4v) is 2.95. The minimum atomic E-state index is -0.675. The second kappa shape index (κ2) is 9.78. The summed E-state index contributed by atoms with van der Waals surface area (Å²) in [5.41, 5.74) is 3.07. The van der Waals surface area contributed by atoms with Gasteiger partial charge in [-0.3, -0.25) is 9.59 Å². The minimum Gasteiger partial charge on any atom is -0.481 e. The number of para-hydroxylation sites is 1. The Kier molecular flexibility index (Phi) is 6.91. The number of rotatable bonds is 8. The molecule has 1 aromatic heterocycles. The highest BCUT2D eigenvalue weighted by Crippen LogP contribution is 2.20. The summed E-state index contributed by atoms with van der Waals surface area (Å²) in [6.45, 7) is 6.17. The van der Waals surface area contributed by atoms with E-state index in [1.54, 1.807) is 42.7 Å². The van der Waals surface area contributed by atoms with E-state index in [2.05, 4.69) is 10.6 Å². The first-order valence-corrected chi connectivity index (χ1v) is 9.92. The first-order valence-electron chi connectivity index (χ1n) is 9.92. The van der Waals surface area contributed by atoms with Crippen molar-refractivity contribution in [3.63, 3.8) is 0 Å². The smallest absolute Gasteiger partial charge is 0.265 e. The molecule has 2 amide bonds. The summed E-state index contributed by atoms with van der Waals surface area (Å²) >= 11 is 0. The molecule has 0 spiro atoms. The van der Waals surface area contributed by atoms with E-state index in [0.29, 0.717) is 29.2 Å². The Balaban J connectivity index is 1.68. The van der Waals surface area contributed by atoms with Crippen LogP contribution in [0.15, 0.2) is 65.3 Å². The van der Waals surface area contributed by atoms with E-state index >= 15 is 0 Å². The van der Waals surface area contributed by atoms with Crippen molar-refractivity contribution >= 4 is 17.5 Å². The van der Waals surface area contributed by atoms with Gasteiger partial charge in [0, 0.05) is 0 Å². The summed E-state index contributed by atoms with van der Waals surface area (Å²) in [4.78, 5) is 25.4. The molecule has 0 saturated heterocycles. The Morgan fingerprint density at radius 3 is 2.53 bits per heavy atom. The van der Waals surface area contributed by atoms with Gasteiger partial charge in [-0.1, -0.05) is 25.1 Å². The number of hydrogen-bond donors (Lipinski definition) is 2. The van der Waals surface area contributed by atoms with E-state index in [-0.39, 0.29) is 18.4 Å². The number of ether oxygens (including phenoxy) is 1. The summed E-state index contributed by atoms with van der Waals surface area (Å²) in [6.07, 6.45) is 1.37. The maximum absolute atomic E-state index is 12.8. The minimum absolute atomic E-state index is 0.265. The van der Waals surface area contributed by atoms with E-state index in [1.807, 2.05) is 39.0 Å². The van der Waals surface area contributed by atoms with Gasteiger partial charge in [0.2, 0.25) is 0 Å².